The highest BCUT2D eigenvalue weighted by Crippen LogP contribution is 2.32. The summed E-state index contributed by atoms with van der Waals surface area (Å²) in [6, 6.07) is 12.8. The van der Waals surface area contributed by atoms with Gasteiger partial charge in [-0.05, 0) is 35.4 Å². The normalized spacial score (nSPS) is 26.5. The smallest absolute Gasteiger partial charge is 0.229 e. The van der Waals surface area contributed by atoms with Crippen molar-refractivity contribution in [2.75, 3.05) is 20.8 Å². The van der Waals surface area contributed by atoms with Gasteiger partial charge in [0.15, 0.2) is 11.5 Å². The lowest BCUT2D eigenvalue weighted by atomic mass is 9.99. The first-order valence-corrected chi connectivity index (χ1v) is 9.44. The Balaban J connectivity index is 1.74. The molecular weight excluding hydrogens is 392 g/mol. The summed E-state index contributed by atoms with van der Waals surface area (Å²) in [6.45, 7) is -0.531. The minimum atomic E-state index is -1.52. The van der Waals surface area contributed by atoms with Gasteiger partial charge >= 0.3 is 0 Å². The van der Waals surface area contributed by atoms with Gasteiger partial charge in [0.05, 0.1) is 20.8 Å². The molecule has 1 aliphatic rings. The third kappa shape index (κ3) is 4.92. The average molecular weight is 418 g/mol. The summed E-state index contributed by atoms with van der Waals surface area (Å²) in [4.78, 5) is 0. The number of methoxy groups -OCH3 is 2. The molecule has 1 unspecified atom stereocenters. The Bertz CT molecular complexity index is 849. The number of benzene rings is 2. The van der Waals surface area contributed by atoms with E-state index in [1.165, 1.54) is 7.11 Å². The molecule has 0 saturated carbocycles. The molecule has 4 N–H and O–H groups in total. The quantitative estimate of drug-likeness (QED) is 0.493. The van der Waals surface area contributed by atoms with Crippen molar-refractivity contribution < 1.29 is 39.4 Å². The van der Waals surface area contributed by atoms with Crippen molar-refractivity contribution in [1.29, 1.82) is 0 Å². The molecule has 0 radical (unpaired) electrons. The molecule has 8 nitrogen and oxygen atoms in total. The SMILES string of the molecule is COc1ccc(C=Cc2ccc(OC3O[C@H](CO)[C@@H](O)[C@H](O)[C@H]3O)c(OC)c2)cc1. The van der Waals surface area contributed by atoms with Crippen LogP contribution in [0.25, 0.3) is 12.2 Å². The van der Waals surface area contributed by atoms with Crippen LogP contribution >= 0.6 is 0 Å². The molecule has 0 aliphatic carbocycles. The zero-order valence-electron chi connectivity index (χ0n) is 16.7. The largest absolute Gasteiger partial charge is 0.497 e. The maximum absolute atomic E-state index is 10.1. The van der Waals surface area contributed by atoms with Gasteiger partial charge in [0.25, 0.3) is 0 Å². The molecule has 5 atom stereocenters. The summed E-state index contributed by atoms with van der Waals surface area (Å²) in [5.41, 5.74) is 1.85. The fourth-order valence-corrected chi connectivity index (χ4v) is 3.08. The third-order valence-electron chi connectivity index (χ3n) is 4.86. The molecule has 1 heterocycles. The molecular formula is C22H26O8. The van der Waals surface area contributed by atoms with Gasteiger partial charge in [0.1, 0.15) is 30.2 Å². The van der Waals surface area contributed by atoms with Crippen molar-refractivity contribution in [2.24, 2.45) is 0 Å². The molecule has 0 aromatic heterocycles. The summed E-state index contributed by atoms with van der Waals surface area (Å²) < 4.78 is 21.6. The van der Waals surface area contributed by atoms with Crippen molar-refractivity contribution in [3.63, 3.8) is 0 Å². The standard InChI is InChI=1S/C22H26O8/c1-27-15-8-5-13(6-9-15)3-4-14-7-10-16(17(11-14)28-2)29-22-21(26)20(25)19(24)18(12-23)30-22/h3-11,18-26H,12H2,1-2H3/t18-,19-,20+,21-,22?/m1/s1. The monoisotopic (exact) mass is 418 g/mol. The highest BCUT2D eigenvalue weighted by molar-refractivity contribution is 5.71. The number of hydrogen-bond acceptors (Lipinski definition) is 8. The van der Waals surface area contributed by atoms with E-state index in [9.17, 15) is 20.4 Å². The first-order chi connectivity index (χ1) is 14.5. The Morgan fingerprint density at radius 1 is 0.833 bits per heavy atom. The Labute approximate surface area is 174 Å². The molecule has 162 valence electrons. The van der Waals surface area contributed by atoms with Crippen molar-refractivity contribution in [2.45, 2.75) is 30.7 Å². The highest BCUT2D eigenvalue weighted by Gasteiger charge is 2.44. The van der Waals surface area contributed by atoms with Crippen molar-refractivity contribution in [3.8, 4) is 17.2 Å². The van der Waals surface area contributed by atoms with E-state index >= 15 is 0 Å². The van der Waals surface area contributed by atoms with Gasteiger partial charge in [-0.2, -0.15) is 0 Å². The van der Waals surface area contributed by atoms with E-state index in [0.717, 1.165) is 16.9 Å². The van der Waals surface area contributed by atoms with Crippen LogP contribution in [0.1, 0.15) is 11.1 Å². The number of aliphatic hydroxyl groups excluding tert-OH is 4. The van der Waals surface area contributed by atoms with E-state index in [-0.39, 0.29) is 5.75 Å². The lowest BCUT2D eigenvalue weighted by Crippen LogP contribution is -2.60. The second-order valence-electron chi connectivity index (χ2n) is 6.83. The molecule has 0 spiro atoms. The van der Waals surface area contributed by atoms with Crippen LogP contribution in [-0.4, -0.2) is 72.0 Å². The van der Waals surface area contributed by atoms with E-state index in [0.29, 0.717) is 5.75 Å². The molecule has 1 aliphatic heterocycles. The predicted octanol–water partition coefficient (Wildman–Crippen LogP) is 1.05. The maximum atomic E-state index is 10.1. The van der Waals surface area contributed by atoms with Crippen LogP contribution < -0.4 is 14.2 Å². The summed E-state index contributed by atoms with van der Waals surface area (Å²) in [6.07, 6.45) is -2.95. The summed E-state index contributed by atoms with van der Waals surface area (Å²) in [5, 5.41) is 39.2. The van der Waals surface area contributed by atoms with E-state index in [2.05, 4.69) is 0 Å². The molecule has 0 amide bonds. The second kappa shape index (κ2) is 9.92. The van der Waals surface area contributed by atoms with Crippen LogP contribution in [0.5, 0.6) is 17.2 Å². The molecule has 1 fully saturated rings. The molecule has 3 rings (SSSR count). The Hall–Kier alpha value is -2.62. The number of rotatable bonds is 7. The molecule has 2 aromatic rings. The Kier molecular flexibility index (Phi) is 7.30. The first-order valence-electron chi connectivity index (χ1n) is 9.44. The van der Waals surface area contributed by atoms with Gasteiger partial charge in [-0.1, -0.05) is 30.4 Å². The van der Waals surface area contributed by atoms with Crippen LogP contribution in [0.2, 0.25) is 0 Å². The maximum Gasteiger partial charge on any atom is 0.229 e. The molecule has 30 heavy (non-hydrogen) atoms. The second-order valence-corrected chi connectivity index (χ2v) is 6.83. The molecule has 0 bridgehead atoms. The topological polar surface area (TPSA) is 118 Å². The molecule has 2 aromatic carbocycles. The Morgan fingerprint density at radius 3 is 2.13 bits per heavy atom. The number of hydrogen-bond donors (Lipinski definition) is 4. The van der Waals surface area contributed by atoms with E-state index in [4.69, 9.17) is 18.9 Å². The van der Waals surface area contributed by atoms with Crippen molar-refractivity contribution in [1.82, 2.24) is 0 Å². The van der Waals surface area contributed by atoms with Gasteiger partial charge in [0.2, 0.25) is 6.29 Å². The highest BCUT2D eigenvalue weighted by atomic mass is 16.7. The van der Waals surface area contributed by atoms with Crippen LogP contribution in [0.4, 0.5) is 0 Å². The predicted molar refractivity (Wildman–Crippen MR) is 109 cm³/mol. The first kappa shape index (κ1) is 22.1. The average Bonchev–Trinajstić information content (AvgIpc) is 2.78. The lowest BCUT2D eigenvalue weighted by molar-refractivity contribution is -0.277. The zero-order valence-corrected chi connectivity index (χ0v) is 16.7. The van der Waals surface area contributed by atoms with Gasteiger partial charge in [-0.3, -0.25) is 0 Å². The van der Waals surface area contributed by atoms with Crippen LogP contribution in [-0.2, 0) is 4.74 Å². The summed E-state index contributed by atoms with van der Waals surface area (Å²) in [5.74, 6) is 1.45. The zero-order chi connectivity index (χ0) is 21.7. The minimum Gasteiger partial charge on any atom is -0.497 e. The minimum absolute atomic E-state index is 0.281. The van der Waals surface area contributed by atoms with Crippen LogP contribution in [0.15, 0.2) is 42.5 Å². The van der Waals surface area contributed by atoms with Gasteiger partial charge in [-0.25, -0.2) is 0 Å². The van der Waals surface area contributed by atoms with Crippen LogP contribution in [0.3, 0.4) is 0 Å². The van der Waals surface area contributed by atoms with Crippen molar-refractivity contribution in [3.05, 3.63) is 53.6 Å². The summed E-state index contributed by atoms with van der Waals surface area (Å²) >= 11 is 0. The number of ether oxygens (including phenoxy) is 4. The number of aliphatic hydroxyl groups is 4. The lowest BCUT2D eigenvalue weighted by Gasteiger charge is -2.39. The van der Waals surface area contributed by atoms with Gasteiger partial charge in [0, 0.05) is 0 Å². The third-order valence-corrected chi connectivity index (χ3v) is 4.86. The van der Waals surface area contributed by atoms with E-state index in [1.54, 1.807) is 25.3 Å². The van der Waals surface area contributed by atoms with E-state index in [1.807, 2.05) is 36.4 Å². The fraction of sp³-hybridized carbons (Fsp3) is 0.364. The van der Waals surface area contributed by atoms with Gasteiger partial charge < -0.3 is 39.4 Å². The fourth-order valence-electron chi connectivity index (χ4n) is 3.08. The summed E-state index contributed by atoms with van der Waals surface area (Å²) in [7, 11) is 3.09. The van der Waals surface area contributed by atoms with Crippen LogP contribution in [0, 0.1) is 0 Å². The molecule has 1 saturated heterocycles. The van der Waals surface area contributed by atoms with Crippen molar-refractivity contribution >= 4 is 12.2 Å². The van der Waals surface area contributed by atoms with Gasteiger partial charge in [-0.15, -0.1) is 0 Å². The Morgan fingerprint density at radius 2 is 1.50 bits per heavy atom. The van der Waals surface area contributed by atoms with E-state index < -0.39 is 37.3 Å². The molecule has 8 heteroatoms.